The average molecular weight is 539 g/mol. The minimum absolute atomic E-state index is 0. The second-order valence-corrected chi connectivity index (χ2v) is 5.74. The van der Waals surface area contributed by atoms with Gasteiger partial charge in [0, 0.05) is 39.0 Å². The van der Waals surface area contributed by atoms with Gasteiger partial charge >= 0.3 is 5.51 Å². The molecule has 114 valence electrons. The molecule has 0 aromatic carbocycles. The summed E-state index contributed by atoms with van der Waals surface area (Å²) in [7, 11) is -6.09. The molecule has 0 spiro atoms. The van der Waals surface area contributed by atoms with Crippen molar-refractivity contribution >= 4 is 10.1 Å². The standard InChI is InChI=1S/C10H12.CHF3O3S.HI.2Zn/c1-10(2,3)9-7-5-4-6-8-9;2-1(3,4)8(5,6)7;;;/h5,7-8H,1-3H3;(H,5,6,7);1H;;/p-2. The summed E-state index contributed by atoms with van der Waals surface area (Å²) in [6.45, 7) is 6.57. The zero-order chi connectivity index (χ0) is 14.6. The fourth-order valence-corrected chi connectivity index (χ4v) is 0.814. The van der Waals surface area contributed by atoms with Crippen LogP contribution in [0.5, 0.6) is 0 Å². The molecule has 3 nitrogen and oxygen atoms in total. The first kappa shape index (κ1) is 29.7. The van der Waals surface area contributed by atoms with Gasteiger partial charge in [0.2, 0.25) is 0 Å². The Bertz CT molecular complexity index is 536. The van der Waals surface area contributed by atoms with Crippen LogP contribution >= 0.6 is 0 Å². The topological polar surface area (TPSA) is 57.2 Å². The molecule has 0 radical (unpaired) electrons. The minimum atomic E-state index is -6.09. The maximum Gasteiger partial charge on any atom is 0.485 e. The van der Waals surface area contributed by atoms with Crippen molar-refractivity contribution in [2.45, 2.75) is 26.3 Å². The van der Waals surface area contributed by atoms with E-state index in [4.69, 9.17) is 13.0 Å². The van der Waals surface area contributed by atoms with Crippen LogP contribution in [-0.2, 0) is 49.1 Å². The van der Waals surface area contributed by atoms with Gasteiger partial charge in [-0.15, -0.1) is 0 Å². The molecule has 0 heterocycles. The van der Waals surface area contributed by atoms with E-state index in [0.29, 0.717) is 0 Å². The van der Waals surface area contributed by atoms with Gasteiger partial charge in [0.15, 0.2) is 10.1 Å². The molecule has 0 fully saturated rings. The van der Waals surface area contributed by atoms with Gasteiger partial charge in [-0.1, -0.05) is 32.2 Å². The largest absolute Gasteiger partial charge is 1.00 e. The Morgan fingerprint density at radius 1 is 1.10 bits per heavy atom. The Hall–Kier alpha value is 0.717. The van der Waals surface area contributed by atoms with Gasteiger partial charge in [0.25, 0.3) is 0 Å². The van der Waals surface area contributed by atoms with Gasteiger partial charge in [-0.2, -0.15) is 13.2 Å². The smallest absolute Gasteiger partial charge is 0.485 e. The first-order valence-electron chi connectivity index (χ1n) is 4.76. The molecule has 0 saturated heterocycles. The Morgan fingerprint density at radius 3 is 1.62 bits per heavy atom. The van der Waals surface area contributed by atoms with Gasteiger partial charge in [-0.05, 0) is 29.2 Å². The fraction of sp³-hybridized carbons (Fsp3) is 0.455. The summed E-state index contributed by atoms with van der Waals surface area (Å²) in [5, 5.41) is 0. The molecule has 0 N–H and O–H groups in total. The quantitative estimate of drug-likeness (QED) is 0.142. The molecule has 1 aliphatic rings. The van der Waals surface area contributed by atoms with Crippen molar-refractivity contribution < 1.29 is 89.1 Å². The SMILES string of the molecule is CC(C)(C)C1=CC=C=C=C1.O=S(=O)([O-])C(F)(F)F.[I-].[Zn].[Zn]. The summed E-state index contributed by atoms with van der Waals surface area (Å²) >= 11 is 0. The predicted octanol–water partition coefficient (Wildman–Crippen LogP) is -0.111. The number of halogens is 4. The predicted molar refractivity (Wildman–Crippen MR) is 59.5 cm³/mol. The molecule has 0 amide bonds. The van der Waals surface area contributed by atoms with Crippen LogP contribution in [0.4, 0.5) is 13.2 Å². The van der Waals surface area contributed by atoms with Crippen molar-refractivity contribution in [1.29, 1.82) is 0 Å². The molecule has 1 rings (SSSR count). The Kier molecular flexibility index (Phi) is 16.0. The maximum atomic E-state index is 10.7. The van der Waals surface area contributed by atoms with Crippen molar-refractivity contribution in [3.63, 3.8) is 0 Å². The zero-order valence-corrected chi connectivity index (χ0v) is 20.7. The summed E-state index contributed by atoms with van der Waals surface area (Å²) in [5.74, 6) is 0. The molecule has 0 bridgehead atoms. The third-order valence-corrected chi connectivity index (χ3v) is 2.37. The van der Waals surface area contributed by atoms with Crippen LogP contribution in [0, 0.1) is 5.41 Å². The fourth-order valence-electron chi connectivity index (χ4n) is 0.814. The Labute approximate surface area is 165 Å². The van der Waals surface area contributed by atoms with E-state index >= 15 is 0 Å². The number of hydrogen-bond acceptors (Lipinski definition) is 3. The van der Waals surface area contributed by atoms with Crippen molar-refractivity contribution in [1.82, 2.24) is 0 Å². The van der Waals surface area contributed by atoms with E-state index in [1.807, 2.05) is 12.2 Å². The zero-order valence-electron chi connectivity index (χ0n) is 11.8. The van der Waals surface area contributed by atoms with E-state index < -0.39 is 15.6 Å². The van der Waals surface area contributed by atoms with Crippen LogP contribution in [0.2, 0.25) is 0 Å². The van der Waals surface area contributed by atoms with Crippen LogP contribution in [0.1, 0.15) is 20.8 Å². The summed E-state index contributed by atoms with van der Waals surface area (Å²) in [4.78, 5) is 0. The van der Waals surface area contributed by atoms with E-state index in [9.17, 15) is 13.2 Å². The number of rotatable bonds is 0. The van der Waals surface area contributed by atoms with E-state index in [-0.39, 0.29) is 68.3 Å². The summed E-state index contributed by atoms with van der Waals surface area (Å²) in [5.41, 5.74) is 1.73. The van der Waals surface area contributed by atoms with E-state index in [0.717, 1.165) is 0 Å². The van der Waals surface area contributed by atoms with Crippen molar-refractivity contribution in [3.8, 4) is 0 Å². The molecular formula is C11H12F3IO3SZn2-2. The second-order valence-electron chi connectivity index (χ2n) is 4.37. The molecule has 21 heavy (non-hydrogen) atoms. The number of alkyl halides is 3. The summed E-state index contributed by atoms with van der Waals surface area (Å²) < 4.78 is 58.9. The monoisotopic (exact) mass is 536 g/mol. The van der Waals surface area contributed by atoms with Crippen molar-refractivity contribution in [2.24, 2.45) is 5.41 Å². The summed E-state index contributed by atoms with van der Waals surface area (Å²) in [6, 6.07) is 0. The van der Waals surface area contributed by atoms with Gasteiger partial charge in [-0.3, -0.25) is 0 Å². The van der Waals surface area contributed by atoms with Crippen molar-refractivity contribution in [3.05, 3.63) is 35.3 Å². The van der Waals surface area contributed by atoms with E-state index in [2.05, 4.69) is 38.3 Å². The second kappa shape index (κ2) is 11.3. The van der Waals surface area contributed by atoms with Crippen LogP contribution < -0.4 is 24.0 Å². The third kappa shape index (κ3) is 12.9. The van der Waals surface area contributed by atoms with E-state index in [1.165, 1.54) is 5.57 Å². The molecule has 0 saturated carbocycles. The van der Waals surface area contributed by atoms with Crippen LogP contribution in [0.25, 0.3) is 0 Å². The maximum absolute atomic E-state index is 10.7. The molecule has 0 atom stereocenters. The molecule has 0 aliphatic heterocycles. The molecule has 0 aromatic heterocycles. The molecule has 0 aromatic rings. The van der Waals surface area contributed by atoms with Gasteiger partial charge < -0.3 is 28.5 Å². The van der Waals surface area contributed by atoms with Gasteiger partial charge in [-0.25, -0.2) is 8.42 Å². The molecule has 1 aliphatic carbocycles. The van der Waals surface area contributed by atoms with Crippen LogP contribution in [-0.4, -0.2) is 18.5 Å². The van der Waals surface area contributed by atoms with Crippen LogP contribution in [0.3, 0.4) is 0 Å². The Morgan fingerprint density at radius 2 is 1.48 bits per heavy atom. The number of hydrogen-bond donors (Lipinski definition) is 0. The molecule has 0 unspecified atom stereocenters. The first-order chi connectivity index (χ1) is 7.86. The summed E-state index contributed by atoms with van der Waals surface area (Å²) in [6.07, 6.45) is 5.97. The van der Waals surface area contributed by atoms with Gasteiger partial charge in [0.05, 0.1) is 0 Å². The van der Waals surface area contributed by atoms with Crippen molar-refractivity contribution in [2.75, 3.05) is 0 Å². The normalized spacial score (nSPS) is 12.8. The Balaban J connectivity index is -0.000000123. The van der Waals surface area contributed by atoms with E-state index in [1.54, 1.807) is 0 Å². The first-order valence-corrected chi connectivity index (χ1v) is 6.17. The van der Waals surface area contributed by atoms with Gasteiger partial charge in [0.1, 0.15) is 0 Å². The minimum Gasteiger partial charge on any atom is -1.00 e. The molecule has 10 heteroatoms. The third-order valence-electron chi connectivity index (χ3n) is 1.81. The molecular weight excluding hydrogens is 527 g/mol. The van der Waals surface area contributed by atoms with Crippen LogP contribution in [0.15, 0.2) is 35.3 Å². The number of allylic oxidation sites excluding steroid dienone is 4. The average Bonchev–Trinajstić information content (AvgIpc) is 2.15.